The van der Waals surface area contributed by atoms with E-state index in [-0.39, 0.29) is 0 Å². The van der Waals surface area contributed by atoms with Crippen molar-refractivity contribution in [2.24, 2.45) is 0 Å². The van der Waals surface area contributed by atoms with E-state index in [1.807, 2.05) is 24.4 Å². The average Bonchev–Trinajstić information content (AvgIpc) is 3.23. The lowest BCUT2D eigenvalue weighted by molar-refractivity contribution is 0.409. The molecule has 22 heavy (non-hydrogen) atoms. The van der Waals surface area contributed by atoms with Crippen molar-refractivity contribution in [2.75, 3.05) is 13.7 Å². The number of hydrogen-bond acceptors (Lipinski definition) is 5. The molecule has 1 aromatic carbocycles. The van der Waals surface area contributed by atoms with Crippen LogP contribution in [0.1, 0.15) is 10.6 Å². The SMILES string of the molecule is COc1ccccc1CCNCc1ncc(-c2ccsc2)s1. The molecule has 0 radical (unpaired) electrons. The number of hydrogen-bond donors (Lipinski definition) is 1. The number of rotatable bonds is 7. The molecule has 5 heteroatoms. The lowest BCUT2D eigenvalue weighted by Crippen LogP contribution is -2.16. The zero-order chi connectivity index (χ0) is 15.2. The number of thiophene rings is 1. The molecule has 3 nitrogen and oxygen atoms in total. The van der Waals surface area contributed by atoms with E-state index in [4.69, 9.17) is 4.74 Å². The van der Waals surface area contributed by atoms with Crippen molar-refractivity contribution in [3.8, 4) is 16.2 Å². The fourth-order valence-electron chi connectivity index (χ4n) is 2.26. The zero-order valence-electron chi connectivity index (χ0n) is 12.4. The first kappa shape index (κ1) is 15.2. The number of thiazole rings is 1. The quantitative estimate of drug-likeness (QED) is 0.659. The van der Waals surface area contributed by atoms with Gasteiger partial charge in [-0.1, -0.05) is 18.2 Å². The smallest absolute Gasteiger partial charge is 0.122 e. The van der Waals surface area contributed by atoms with E-state index >= 15 is 0 Å². The Balaban J connectivity index is 1.49. The molecule has 0 aliphatic rings. The van der Waals surface area contributed by atoms with Gasteiger partial charge in [0.25, 0.3) is 0 Å². The van der Waals surface area contributed by atoms with E-state index in [1.54, 1.807) is 29.8 Å². The fraction of sp³-hybridized carbons (Fsp3) is 0.235. The first-order valence-corrected chi connectivity index (χ1v) is 8.92. The Labute approximate surface area is 138 Å². The van der Waals surface area contributed by atoms with E-state index in [1.165, 1.54) is 16.0 Å². The summed E-state index contributed by atoms with van der Waals surface area (Å²) in [4.78, 5) is 5.73. The molecule has 3 aromatic rings. The number of nitrogens with zero attached hydrogens (tertiary/aromatic N) is 1. The van der Waals surface area contributed by atoms with Crippen LogP contribution < -0.4 is 10.1 Å². The molecular weight excluding hydrogens is 312 g/mol. The van der Waals surface area contributed by atoms with Gasteiger partial charge in [-0.3, -0.25) is 0 Å². The highest BCUT2D eigenvalue weighted by Crippen LogP contribution is 2.27. The Morgan fingerprint density at radius 1 is 1.23 bits per heavy atom. The molecule has 0 saturated carbocycles. The second-order valence-corrected chi connectivity index (χ2v) is 6.76. The molecule has 114 valence electrons. The van der Waals surface area contributed by atoms with Gasteiger partial charge in [0, 0.05) is 18.3 Å². The van der Waals surface area contributed by atoms with Crippen LogP contribution in [0.15, 0.2) is 47.3 Å². The van der Waals surface area contributed by atoms with Gasteiger partial charge in [-0.25, -0.2) is 4.98 Å². The van der Waals surface area contributed by atoms with Gasteiger partial charge >= 0.3 is 0 Å². The molecule has 2 aromatic heterocycles. The number of ether oxygens (including phenoxy) is 1. The lowest BCUT2D eigenvalue weighted by Gasteiger charge is -2.08. The van der Waals surface area contributed by atoms with Crippen LogP contribution in [0.4, 0.5) is 0 Å². The van der Waals surface area contributed by atoms with Crippen molar-refractivity contribution < 1.29 is 4.74 Å². The minimum Gasteiger partial charge on any atom is -0.496 e. The van der Waals surface area contributed by atoms with Gasteiger partial charge in [0.05, 0.1) is 12.0 Å². The lowest BCUT2D eigenvalue weighted by atomic mass is 10.1. The highest BCUT2D eigenvalue weighted by Gasteiger charge is 2.05. The van der Waals surface area contributed by atoms with Gasteiger partial charge < -0.3 is 10.1 Å². The van der Waals surface area contributed by atoms with Crippen LogP contribution in [0.3, 0.4) is 0 Å². The third kappa shape index (κ3) is 3.74. The number of aromatic nitrogens is 1. The number of benzene rings is 1. The molecule has 0 saturated heterocycles. The predicted molar refractivity (Wildman–Crippen MR) is 93.8 cm³/mol. The Hall–Kier alpha value is -1.69. The molecule has 0 amide bonds. The van der Waals surface area contributed by atoms with Gasteiger partial charge in [-0.2, -0.15) is 11.3 Å². The summed E-state index contributed by atoms with van der Waals surface area (Å²) < 4.78 is 5.37. The molecule has 0 spiro atoms. The van der Waals surface area contributed by atoms with Crippen LogP contribution in [-0.4, -0.2) is 18.6 Å². The van der Waals surface area contributed by atoms with Gasteiger partial charge in [0.2, 0.25) is 0 Å². The van der Waals surface area contributed by atoms with Crippen molar-refractivity contribution in [1.29, 1.82) is 0 Å². The second kappa shape index (κ2) is 7.54. The summed E-state index contributed by atoms with van der Waals surface area (Å²) in [5, 5.41) is 8.84. The Morgan fingerprint density at radius 2 is 2.14 bits per heavy atom. The standard InChI is InChI=1S/C17H18N2OS2/c1-20-15-5-3-2-4-13(15)6-8-18-11-17-19-10-16(22-17)14-7-9-21-12-14/h2-5,7,9-10,12,18H,6,8,11H2,1H3. The number of para-hydroxylation sites is 1. The van der Waals surface area contributed by atoms with E-state index in [0.717, 1.165) is 30.3 Å². The first-order chi connectivity index (χ1) is 10.9. The molecule has 0 unspecified atom stereocenters. The largest absolute Gasteiger partial charge is 0.496 e. The van der Waals surface area contributed by atoms with Gasteiger partial charge in [-0.15, -0.1) is 11.3 Å². The van der Waals surface area contributed by atoms with E-state index in [0.29, 0.717) is 0 Å². The topological polar surface area (TPSA) is 34.1 Å². The maximum atomic E-state index is 5.37. The van der Waals surface area contributed by atoms with Crippen LogP contribution in [0.5, 0.6) is 5.75 Å². The monoisotopic (exact) mass is 330 g/mol. The van der Waals surface area contributed by atoms with Gasteiger partial charge in [0.15, 0.2) is 0 Å². The normalized spacial score (nSPS) is 10.8. The van der Waals surface area contributed by atoms with Crippen LogP contribution in [0, 0.1) is 0 Å². The van der Waals surface area contributed by atoms with Crippen LogP contribution in [-0.2, 0) is 13.0 Å². The maximum absolute atomic E-state index is 5.37. The molecule has 3 rings (SSSR count). The first-order valence-electron chi connectivity index (χ1n) is 7.16. The third-order valence-electron chi connectivity index (χ3n) is 3.40. The Kier molecular flexibility index (Phi) is 5.21. The molecule has 0 fully saturated rings. The summed E-state index contributed by atoms with van der Waals surface area (Å²) in [5.41, 5.74) is 2.50. The van der Waals surface area contributed by atoms with Crippen LogP contribution in [0.25, 0.3) is 10.4 Å². The molecule has 0 bridgehead atoms. The summed E-state index contributed by atoms with van der Waals surface area (Å²) in [6, 6.07) is 10.3. The van der Waals surface area contributed by atoms with Crippen molar-refractivity contribution in [3.05, 3.63) is 57.9 Å². The molecule has 0 aliphatic heterocycles. The fourth-order valence-corrected chi connectivity index (χ4v) is 3.87. The minimum absolute atomic E-state index is 0.809. The zero-order valence-corrected chi connectivity index (χ0v) is 14.0. The molecular formula is C17H18N2OS2. The molecule has 1 N–H and O–H groups in total. The van der Waals surface area contributed by atoms with Crippen molar-refractivity contribution in [2.45, 2.75) is 13.0 Å². The van der Waals surface area contributed by atoms with Crippen LogP contribution in [0.2, 0.25) is 0 Å². The van der Waals surface area contributed by atoms with Gasteiger partial charge in [0.1, 0.15) is 10.8 Å². The second-order valence-electron chi connectivity index (χ2n) is 4.87. The Bertz CT molecular complexity index is 707. The number of nitrogens with one attached hydrogen (secondary N) is 1. The van der Waals surface area contributed by atoms with E-state index in [2.05, 4.69) is 33.2 Å². The molecule has 2 heterocycles. The predicted octanol–water partition coefficient (Wildman–Crippen LogP) is 4.21. The van der Waals surface area contributed by atoms with Crippen LogP contribution >= 0.6 is 22.7 Å². The van der Waals surface area contributed by atoms with Crippen molar-refractivity contribution in [1.82, 2.24) is 10.3 Å². The number of methoxy groups -OCH3 is 1. The van der Waals surface area contributed by atoms with E-state index < -0.39 is 0 Å². The van der Waals surface area contributed by atoms with E-state index in [9.17, 15) is 0 Å². The maximum Gasteiger partial charge on any atom is 0.122 e. The van der Waals surface area contributed by atoms with Gasteiger partial charge in [-0.05, 0) is 41.4 Å². The summed E-state index contributed by atoms with van der Waals surface area (Å²) >= 11 is 3.47. The summed E-state index contributed by atoms with van der Waals surface area (Å²) in [6.07, 6.45) is 2.91. The highest BCUT2D eigenvalue weighted by molar-refractivity contribution is 7.15. The summed E-state index contributed by atoms with van der Waals surface area (Å²) in [7, 11) is 1.72. The average molecular weight is 330 g/mol. The minimum atomic E-state index is 0.809. The highest BCUT2D eigenvalue weighted by atomic mass is 32.1. The summed E-state index contributed by atoms with van der Waals surface area (Å²) in [6.45, 7) is 1.72. The van der Waals surface area contributed by atoms with Crippen molar-refractivity contribution >= 4 is 22.7 Å². The Morgan fingerprint density at radius 3 is 2.95 bits per heavy atom. The molecule has 0 aliphatic carbocycles. The third-order valence-corrected chi connectivity index (χ3v) is 5.13. The molecule has 0 atom stereocenters. The van der Waals surface area contributed by atoms with Crippen molar-refractivity contribution in [3.63, 3.8) is 0 Å². The summed E-state index contributed by atoms with van der Waals surface area (Å²) in [5.74, 6) is 0.957.